The van der Waals surface area contributed by atoms with Crippen LogP contribution in [0.5, 0.6) is 0 Å². The monoisotopic (exact) mass is 244 g/mol. The smallest absolute Gasteiger partial charge is 0.290 e. The first kappa shape index (κ1) is 12.0. The lowest BCUT2D eigenvalue weighted by Gasteiger charge is -2.36. The number of aromatic nitrogens is 2. The summed E-state index contributed by atoms with van der Waals surface area (Å²) in [5.74, 6) is -2.12. The Morgan fingerprint density at radius 2 is 2.24 bits per heavy atom. The summed E-state index contributed by atoms with van der Waals surface area (Å²) in [6, 6.07) is 3.30. The Bertz CT molecular complexity index is 384. The van der Waals surface area contributed by atoms with Crippen LogP contribution in [-0.2, 0) is 0 Å². The molecule has 1 aliphatic heterocycles. The predicted molar refractivity (Wildman–Crippen MR) is 59.4 cm³/mol. The lowest BCUT2D eigenvalue weighted by Crippen LogP contribution is -2.51. The summed E-state index contributed by atoms with van der Waals surface area (Å²) in [7, 11) is 1.70. The minimum atomic E-state index is -3.10. The van der Waals surface area contributed by atoms with E-state index in [2.05, 4.69) is 15.5 Å². The van der Waals surface area contributed by atoms with Crippen molar-refractivity contribution in [3.8, 4) is 0 Å². The van der Waals surface area contributed by atoms with Crippen LogP contribution in [-0.4, -0.2) is 47.5 Å². The molecule has 7 heteroatoms. The van der Waals surface area contributed by atoms with Crippen LogP contribution >= 0.6 is 0 Å². The molecule has 94 valence electrons. The van der Waals surface area contributed by atoms with Crippen LogP contribution in [0.4, 0.5) is 20.4 Å². The van der Waals surface area contributed by atoms with E-state index >= 15 is 0 Å². The molecule has 0 amide bonds. The molecule has 1 fully saturated rings. The Kier molecular flexibility index (Phi) is 3.10. The van der Waals surface area contributed by atoms with Crippen molar-refractivity contribution in [3.05, 3.63) is 12.1 Å². The van der Waals surface area contributed by atoms with Gasteiger partial charge in [0.2, 0.25) is 0 Å². The third kappa shape index (κ3) is 2.44. The van der Waals surface area contributed by atoms with Crippen LogP contribution in [0.1, 0.15) is 6.42 Å². The van der Waals surface area contributed by atoms with Gasteiger partial charge in [0.1, 0.15) is 11.9 Å². The normalized spacial score (nSPS) is 23.5. The highest BCUT2D eigenvalue weighted by Gasteiger charge is 2.44. The Labute approximate surface area is 97.5 Å². The second-order valence-electron chi connectivity index (χ2n) is 4.01. The van der Waals surface area contributed by atoms with Gasteiger partial charge in [0, 0.05) is 13.6 Å². The minimum Gasteiger partial charge on any atom is -0.387 e. The molecule has 2 rings (SSSR count). The summed E-state index contributed by atoms with van der Waals surface area (Å²) in [6.07, 6.45) is -1.54. The Balaban J connectivity index is 2.12. The van der Waals surface area contributed by atoms with E-state index in [9.17, 15) is 8.78 Å². The Morgan fingerprint density at radius 1 is 1.47 bits per heavy atom. The van der Waals surface area contributed by atoms with Gasteiger partial charge in [-0.2, -0.15) is 0 Å². The van der Waals surface area contributed by atoms with E-state index in [0.29, 0.717) is 18.2 Å². The Morgan fingerprint density at radius 3 is 2.76 bits per heavy atom. The van der Waals surface area contributed by atoms with E-state index in [-0.39, 0.29) is 6.42 Å². The standard InChI is InChI=1S/C10H14F2N4O/c1-13-8-2-3-9(15-14-8)16-5-4-7(17)10(11,12)6-16/h2-3,7,17H,4-6H2,1H3,(H,13,14). The van der Waals surface area contributed by atoms with Gasteiger partial charge in [-0.15, -0.1) is 10.2 Å². The van der Waals surface area contributed by atoms with Crippen molar-refractivity contribution in [2.75, 3.05) is 30.4 Å². The summed E-state index contributed by atoms with van der Waals surface area (Å²) in [5, 5.41) is 19.7. The average molecular weight is 244 g/mol. The maximum absolute atomic E-state index is 13.3. The molecule has 1 aromatic heterocycles. The van der Waals surface area contributed by atoms with E-state index in [1.807, 2.05) is 0 Å². The van der Waals surface area contributed by atoms with Crippen molar-refractivity contribution in [3.63, 3.8) is 0 Å². The summed E-state index contributed by atoms with van der Waals surface area (Å²) < 4.78 is 26.7. The molecular formula is C10H14F2N4O. The van der Waals surface area contributed by atoms with Crippen LogP contribution in [0.2, 0.25) is 0 Å². The molecule has 1 atom stereocenters. The van der Waals surface area contributed by atoms with E-state index in [0.717, 1.165) is 0 Å². The fourth-order valence-electron chi connectivity index (χ4n) is 1.75. The van der Waals surface area contributed by atoms with Gasteiger partial charge < -0.3 is 15.3 Å². The maximum atomic E-state index is 13.3. The maximum Gasteiger partial charge on any atom is 0.290 e. The van der Waals surface area contributed by atoms with Gasteiger partial charge in [0.25, 0.3) is 5.92 Å². The van der Waals surface area contributed by atoms with Gasteiger partial charge in [-0.25, -0.2) is 8.78 Å². The molecule has 1 unspecified atom stereocenters. The fourth-order valence-corrected chi connectivity index (χ4v) is 1.75. The number of alkyl halides is 2. The third-order valence-electron chi connectivity index (χ3n) is 2.79. The first-order valence-electron chi connectivity index (χ1n) is 5.35. The van der Waals surface area contributed by atoms with Gasteiger partial charge in [-0.3, -0.25) is 0 Å². The van der Waals surface area contributed by atoms with Crippen molar-refractivity contribution >= 4 is 11.6 Å². The molecule has 5 nitrogen and oxygen atoms in total. The number of hydrogen-bond donors (Lipinski definition) is 2. The topological polar surface area (TPSA) is 61.3 Å². The van der Waals surface area contributed by atoms with Crippen LogP contribution < -0.4 is 10.2 Å². The van der Waals surface area contributed by atoms with Crippen LogP contribution in [0.25, 0.3) is 0 Å². The molecule has 1 saturated heterocycles. The molecular weight excluding hydrogens is 230 g/mol. The first-order valence-corrected chi connectivity index (χ1v) is 5.35. The van der Waals surface area contributed by atoms with Gasteiger partial charge in [-0.1, -0.05) is 0 Å². The van der Waals surface area contributed by atoms with Crippen molar-refractivity contribution in [2.45, 2.75) is 18.4 Å². The molecule has 2 N–H and O–H groups in total. The van der Waals surface area contributed by atoms with Crippen molar-refractivity contribution < 1.29 is 13.9 Å². The minimum absolute atomic E-state index is 0.0302. The number of halogens is 2. The van der Waals surface area contributed by atoms with Crippen LogP contribution in [0.3, 0.4) is 0 Å². The molecule has 0 saturated carbocycles. The second kappa shape index (κ2) is 4.40. The highest BCUT2D eigenvalue weighted by molar-refractivity contribution is 5.43. The summed E-state index contributed by atoms with van der Waals surface area (Å²) >= 11 is 0. The van der Waals surface area contributed by atoms with Gasteiger partial charge in [-0.05, 0) is 18.6 Å². The number of hydrogen-bond acceptors (Lipinski definition) is 5. The summed E-state index contributed by atoms with van der Waals surface area (Å²) in [4.78, 5) is 1.43. The zero-order valence-electron chi connectivity index (χ0n) is 9.40. The van der Waals surface area contributed by atoms with Crippen LogP contribution in [0.15, 0.2) is 12.1 Å². The van der Waals surface area contributed by atoms with Crippen LogP contribution in [0, 0.1) is 0 Å². The molecule has 1 aliphatic rings. The fraction of sp³-hybridized carbons (Fsp3) is 0.600. The van der Waals surface area contributed by atoms with Gasteiger partial charge in [0.05, 0.1) is 6.54 Å². The highest BCUT2D eigenvalue weighted by Crippen LogP contribution is 2.29. The van der Waals surface area contributed by atoms with Crippen molar-refractivity contribution in [2.24, 2.45) is 0 Å². The largest absolute Gasteiger partial charge is 0.387 e. The molecule has 1 aromatic rings. The third-order valence-corrected chi connectivity index (χ3v) is 2.79. The molecule has 0 bridgehead atoms. The second-order valence-corrected chi connectivity index (χ2v) is 4.01. The van der Waals surface area contributed by atoms with E-state index in [1.54, 1.807) is 19.2 Å². The van der Waals surface area contributed by atoms with E-state index in [4.69, 9.17) is 5.11 Å². The SMILES string of the molecule is CNc1ccc(N2CCC(O)C(F)(F)C2)nn1. The number of nitrogens with one attached hydrogen (secondary N) is 1. The number of nitrogens with zero attached hydrogens (tertiary/aromatic N) is 3. The van der Waals surface area contributed by atoms with E-state index in [1.165, 1.54) is 4.90 Å². The lowest BCUT2D eigenvalue weighted by molar-refractivity contribution is -0.113. The van der Waals surface area contributed by atoms with Gasteiger partial charge in [0.15, 0.2) is 5.82 Å². The Hall–Kier alpha value is -1.50. The molecule has 2 heterocycles. The molecule has 17 heavy (non-hydrogen) atoms. The first-order chi connectivity index (χ1) is 8.03. The molecule has 0 spiro atoms. The lowest BCUT2D eigenvalue weighted by atomic mass is 10.0. The van der Waals surface area contributed by atoms with Crippen molar-refractivity contribution in [1.82, 2.24) is 10.2 Å². The molecule has 0 aliphatic carbocycles. The number of aliphatic hydroxyl groups is 1. The predicted octanol–water partition coefficient (Wildman–Crippen LogP) is 0.725. The van der Waals surface area contributed by atoms with E-state index < -0.39 is 18.6 Å². The quantitative estimate of drug-likeness (QED) is 0.803. The molecule has 0 radical (unpaired) electrons. The summed E-state index contributed by atoms with van der Waals surface area (Å²) in [6.45, 7) is -0.175. The van der Waals surface area contributed by atoms with Gasteiger partial charge >= 0.3 is 0 Å². The van der Waals surface area contributed by atoms with Crippen molar-refractivity contribution in [1.29, 1.82) is 0 Å². The molecule has 0 aromatic carbocycles. The highest BCUT2D eigenvalue weighted by atomic mass is 19.3. The number of rotatable bonds is 2. The zero-order chi connectivity index (χ0) is 12.5. The average Bonchev–Trinajstić information content (AvgIpc) is 2.33. The summed E-state index contributed by atoms with van der Waals surface area (Å²) in [5.41, 5.74) is 0. The number of aliphatic hydroxyl groups excluding tert-OH is 1. The number of piperidine rings is 1. The zero-order valence-corrected chi connectivity index (χ0v) is 9.40. The number of anilines is 2.